The van der Waals surface area contributed by atoms with Gasteiger partial charge in [0.05, 0.1) is 0 Å². The maximum absolute atomic E-state index is 10.7. The SMILES string of the molecule is Cc1cc(N2CCCC(CCNC(C)c3cccc4ccccc34)C2)ccc1CCC=O. The van der Waals surface area contributed by atoms with Crippen LogP contribution in [-0.2, 0) is 11.2 Å². The molecule has 1 N–H and O–H groups in total. The van der Waals surface area contributed by atoms with Gasteiger partial charge in [-0.3, -0.25) is 0 Å². The quantitative estimate of drug-likeness (QED) is 0.410. The lowest BCUT2D eigenvalue weighted by molar-refractivity contribution is -0.107. The Morgan fingerprint density at radius 3 is 2.81 bits per heavy atom. The molecule has 1 aliphatic heterocycles. The second-order valence-electron chi connectivity index (χ2n) is 9.30. The van der Waals surface area contributed by atoms with Crippen molar-refractivity contribution in [2.75, 3.05) is 24.5 Å². The van der Waals surface area contributed by atoms with Gasteiger partial charge < -0.3 is 15.0 Å². The van der Waals surface area contributed by atoms with Crippen LogP contribution in [0.15, 0.2) is 60.7 Å². The normalized spacial score (nSPS) is 17.4. The lowest BCUT2D eigenvalue weighted by Crippen LogP contribution is -2.36. The van der Waals surface area contributed by atoms with E-state index in [1.54, 1.807) is 0 Å². The Labute approximate surface area is 192 Å². The fraction of sp³-hybridized carbons (Fsp3) is 0.414. The van der Waals surface area contributed by atoms with Crippen molar-refractivity contribution in [1.29, 1.82) is 0 Å². The van der Waals surface area contributed by atoms with E-state index in [9.17, 15) is 4.79 Å². The van der Waals surface area contributed by atoms with Gasteiger partial charge in [0.25, 0.3) is 0 Å². The van der Waals surface area contributed by atoms with Crippen molar-refractivity contribution in [2.24, 2.45) is 5.92 Å². The molecule has 1 heterocycles. The second kappa shape index (κ2) is 10.8. The van der Waals surface area contributed by atoms with Gasteiger partial charge in [0, 0.05) is 31.2 Å². The molecule has 0 saturated carbocycles. The van der Waals surface area contributed by atoms with Gasteiger partial charge in [-0.25, -0.2) is 0 Å². The van der Waals surface area contributed by atoms with Gasteiger partial charge in [0.2, 0.25) is 0 Å². The van der Waals surface area contributed by atoms with Crippen LogP contribution in [0.3, 0.4) is 0 Å². The van der Waals surface area contributed by atoms with Gasteiger partial charge in [-0.05, 0) is 91.6 Å². The van der Waals surface area contributed by atoms with Crippen LogP contribution in [0.5, 0.6) is 0 Å². The lowest BCUT2D eigenvalue weighted by atomic mass is 9.93. The molecule has 3 nitrogen and oxygen atoms in total. The first-order valence-corrected chi connectivity index (χ1v) is 12.1. The topological polar surface area (TPSA) is 32.3 Å². The number of rotatable bonds is 9. The Bertz CT molecular complexity index is 1040. The molecule has 1 saturated heterocycles. The van der Waals surface area contributed by atoms with E-state index in [0.29, 0.717) is 12.5 Å². The molecule has 3 aromatic rings. The van der Waals surface area contributed by atoms with E-state index in [4.69, 9.17) is 0 Å². The molecule has 0 aromatic heterocycles. The average molecular weight is 429 g/mol. The number of aldehydes is 1. The number of carbonyl (C=O) groups excluding carboxylic acids is 1. The molecule has 3 heteroatoms. The zero-order valence-electron chi connectivity index (χ0n) is 19.5. The maximum atomic E-state index is 10.7. The van der Waals surface area contributed by atoms with Crippen LogP contribution >= 0.6 is 0 Å². The predicted molar refractivity (Wildman–Crippen MR) is 135 cm³/mol. The number of aryl methyl sites for hydroxylation is 2. The summed E-state index contributed by atoms with van der Waals surface area (Å²) in [5.74, 6) is 0.728. The summed E-state index contributed by atoms with van der Waals surface area (Å²) in [7, 11) is 0. The van der Waals surface area contributed by atoms with Crippen molar-refractivity contribution >= 4 is 22.7 Å². The molecule has 2 atom stereocenters. The summed E-state index contributed by atoms with van der Waals surface area (Å²) in [5, 5.41) is 6.45. The first-order chi connectivity index (χ1) is 15.7. The third-order valence-corrected chi connectivity index (χ3v) is 7.03. The van der Waals surface area contributed by atoms with Crippen molar-refractivity contribution < 1.29 is 4.79 Å². The Kier molecular flexibility index (Phi) is 7.59. The lowest BCUT2D eigenvalue weighted by Gasteiger charge is -2.35. The zero-order valence-corrected chi connectivity index (χ0v) is 19.5. The maximum Gasteiger partial charge on any atom is 0.120 e. The van der Waals surface area contributed by atoms with Crippen molar-refractivity contribution in [1.82, 2.24) is 5.32 Å². The highest BCUT2D eigenvalue weighted by Crippen LogP contribution is 2.28. The second-order valence-corrected chi connectivity index (χ2v) is 9.30. The molecule has 2 unspecified atom stereocenters. The van der Waals surface area contributed by atoms with Crippen molar-refractivity contribution in [2.45, 2.75) is 52.0 Å². The summed E-state index contributed by atoms with van der Waals surface area (Å²) in [6.07, 6.45) is 6.25. The van der Waals surface area contributed by atoms with E-state index in [-0.39, 0.29) is 0 Å². The van der Waals surface area contributed by atoms with Gasteiger partial charge in [0.1, 0.15) is 6.29 Å². The summed E-state index contributed by atoms with van der Waals surface area (Å²) < 4.78 is 0. The Morgan fingerprint density at radius 2 is 1.97 bits per heavy atom. The summed E-state index contributed by atoms with van der Waals surface area (Å²) in [5.41, 5.74) is 5.32. The summed E-state index contributed by atoms with van der Waals surface area (Å²) in [6, 6.07) is 22.4. The minimum atomic E-state index is 0.349. The molecule has 0 bridgehead atoms. The molecule has 4 rings (SSSR count). The van der Waals surface area contributed by atoms with Crippen LogP contribution in [-0.4, -0.2) is 25.9 Å². The van der Waals surface area contributed by atoms with Gasteiger partial charge in [0.15, 0.2) is 0 Å². The molecule has 3 aromatic carbocycles. The van der Waals surface area contributed by atoms with Gasteiger partial charge >= 0.3 is 0 Å². The van der Waals surface area contributed by atoms with Crippen LogP contribution in [0.2, 0.25) is 0 Å². The van der Waals surface area contributed by atoms with E-state index >= 15 is 0 Å². The molecule has 0 spiro atoms. The molecule has 1 fully saturated rings. The first-order valence-electron chi connectivity index (χ1n) is 12.1. The number of piperidine rings is 1. The Hall–Kier alpha value is -2.65. The molecule has 168 valence electrons. The number of carbonyl (C=O) groups is 1. The number of hydrogen-bond donors (Lipinski definition) is 1. The van der Waals surface area contributed by atoms with Crippen LogP contribution in [0.4, 0.5) is 5.69 Å². The summed E-state index contributed by atoms with van der Waals surface area (Å²) >= 11 is 0. The molecular formula is C29H36N2O. The Morgan fingerprint density at radius 1 is 1.12 bits per heavy atom. The van der Waals surface area contributed by atoms with Gasteiger partial charge in [-0.1, -0.05) is 48.5 Å². The molecule has 0 amide bonds. The third-order valence-electron chi connectivity index (χ3n) is 7.03. The first kappa shape index (κ1) is 22.5. The Balaban J connectivity index is 1.31. The molecular weight excluding hydrogens is 392 g/mol. The zero-order chi connectivity index (χ0) is 22.3. The standard InChI is InChI=1S/C29H36N2O/c1-22-20-27(15-14-25(22)11-7-19-32)31-18-6-8-24(21-31)16-17-30-23(2)28-13-5-10-26-9-3-4-12-29(26)28/h3-5,9-10,12-15,19-20,23-24,30H,6-8,11,16-18,21H2,1-2H3. The third kappa shape index (κ3) is 5.39. The largest absolute Gasteiger partial charge is 0.371 e. The highest BCUT2D eigenvalue weighted by Gasteiger charge is 2.21. The predicted octanol–water partition coefficient (Wildman–Crippen LogP) is 6.24. The van der Waals surface area contributed by atoms with E-state index < -0.39 is 0 Å². The van der Waals surface area contributed by atoms with Crippen molar-refractivity contribution in [3.63, 3.8) is 0 Å². The fourth-order valence-electron chi connectivity index (χ4n) is 5.15. The van der Waals surface area contributed by atoms with Crippen LogP contribution in [0.1, 0.15) is 55.3 Å². The number of nitrogens with one attached hydrogen (secondary N) is 1. The van der Waals surface area contributed by atoms with E-state index in [1.807, 2.05) is 0 Å². The fourth-order valence-corrected chi connectivity index (χ4v) is 5.15. The smallest absolute Gasteiger partial charge is 0.120 e. The van der Waals surface area contributed by atoms with Crippen LogP contribution in [0, 0.1) is 12.8 Å². The minimum absolute atomic E-state index is 0.349. The number of anilines is 1. The molecule has 32 heavy (non-hydrogen) atoms. The van der Waals surface area contributed by atoms with Crippen molar-refractivity contribution in [3.8, 4) is 0 Å². The van der Waals surface area contributed by atoms with Gasteiger partial charge in [-0.2, -0.15) is 0 Å². The molecule has 1 aliphatic rings. The van der Waals surface area contributed by atoms with Crippen LogP contribution in [0.25, 0.3) is 10.8 Å². The summed E-state index contributed by atoms with van der Waals surface area (Å²) in [6.45, 7) is 7.78. The molecule has 0 aliphatic carbocycles. The van der Waals surface area contributed by atoms with Gasteiger partial charge in [-0.15, -0.1) is 0 Å². The summed E-state index contributed by atoms with van der Waals surface area (Å²) in [4.78, 5) is 13.2. The number of fused-ring (bicyclic) bond motifs is 1. The number of benzene rings is 3. The van der Waals surface area contributed by atoms with E-state index in [2.05, 4.69) is 84.7 Å². The molecule has 0 radical (unpaired) electrons. The highest BCUT2D eigenvalue weighted by atomic mass is 16.1. The minimum Gasteiger partial charge on any atom is -0.371 e. The highest BCUT2D eigenvalue weighted by molar-refractivity contribution is 5.86. The van der Waals surface area contributed by atoms with Crippen LogP contribution < -0.4 is 10.2 Å². The van der Waals surface area contributed by atoms with E-state index in [1.165, 1.54) is 52.4 Å². The number of hydrogen-bond acceptors (Lipinski definition) is 3. The monoisotopic (exact) mass is 428 g/mol. The number of nitrogens with zero attached hydrogens (tertiary/aromatic N) is 1. The van der Waals surface area contributed by atoms with Crippen molar-refractivity contribution in [3.05, 3.63) is 77.4 Å². The van der Waals surface area contributed by atoms with E-state index in [0.717, 1.165) is 38.3 Å². The average Bonchev–Trinajstić information content (AvgIpc) is 2.83.